The van der Waals surface area contributed by atoms with E-state index in [0.29, 0.717) is 19.3 Å². The summed E-state index contributed by atoms with van der Waals surface area (Å²) in [6.45, 7) is 2.03. The van der Waals surface area contributed by atoms with Gasteiger partial charge < -0.3 is 9.90 Å². The molecule has 0 saturated heterocycles. The molecule has 16 heavy (non-hydrogen) atoms. The van der Waals surface area contributed by atoms with E-state index >= 15 is 0 Å². The third-order valence-electron chi connectivity index (χ3n) is 2.97. The quantitative estimate of drug-likeness (QED) is 0.398. The summed E-state index contributed by atoms with van der Waals surface area (Å²) in [6, 6.07) is 0. The van der Waals surface area contributed by atoms with Crippen LogP contribution in [0.1, 0.15) is 39.0 Å². The molecule has 0 aromatic carbocycles. The van der Waals surface area contributed by atoms with E-state index in [1.54, 1.807) is 0 Å². The van der Waals surface area contributed by atoms with Gasteiger partial charge in [0.05, 0.1) is 0 Å². The number of rotatable bonds is 5. The summed E-state index contributed by atoms with van der Waals surface area (Å²) in [5.74, 6) is -0.934. The first kappa shape index (κ1) is 15.5. The molecule has 0 unspecified atom stereocenters. The third-order valence-corrected chi connectivity index (χ3v) is 2.97. The zero-order chi connectivity index (χ0) is 11.3. The van der Waals surface area contributed by atoms with Crippen molar-refractivity contribution in [2.24, 2.45) is 11.8 Å². The molecule has 1 aliphatic carbocycles. The molecule has 0 heterocycles. The first-order valence-electron chi connectivity index (χ1n) is 5.52. The molecule has 1 fully saturated rings. The van der Waals surface area contributed by atoms with Gasteiger partial charge in [-0.15, -0.1) is 0 Å². The van der Waals surface area contributed by atoms with Crippen LogP contribution in [0.2, 0.25) is 0 Å². The van der Waals surface area contributed by atoms with Crippen molar-refractivity contribution in [1.82, 2.24) is 0 Å². The maximum atomic E-state index is 11.5. The Balaban J connectivity index is 0.00000225. The fourth-order valence-corrected chi connectivity index (χ4v) is 2.17. The van der Waals surface area contributed by atoms with Gasteiger partial charge in [0, 0.05) is 18.3 Å². The molecule has 0 aliphatic heterocycles. The fourth-order valence-electron chi connectivity index (χ4n) is 2.17. The van der Waals surface area contributed by atoms with E-state index in [2.05, 4.69) is 0 Å². The van der Waals surface area contributed by atoms with Crippen LogP contribution in [0.25, 0.3) is 0 Å². The van der Waals surface area contributed by atoms with Crippen LogP contribution >= 0.6 is 0 Å². The predicted molar refractivity (Wildman–Crippen MR) is 54.9 cm³/mol. The van der Waals surface area contributed by atoms with Crippen LogP contribution in [0.3, 0.4) is 0 Å². The molecule has 0 spiro atoms. The van der Waals surface area contributed by atoms with Crippen molar-refractivity contribution in [3.05, 3.63) is 12.2 Å². The number of ketones is 1. The molecule has 1 rings (SSSR count). The number of hydrogen-bond acceptors (Lipinski definition) is 3. The van der Waals surface area contributed by atoms with Crippen molar-refractivity contribution >= 4 is 11.8 Å². The second-order valence-corrected chi connectivity index (χ2v) is 4.06. The molecule has 1 saturated carbocycles. The Bertz CT molecular complexity index is 273. The van der Waals surface area contributed by atoms with E-state index < -0.39 is 5.97 Å². The van der Waals surface area contributed by atoms with Gasteiger partial charge in [0.1, 0.15) is 5.78 Å². The largest absolute Gasteiger partial charge is 1.00 e. The number of carboxylic acid groups (broad SMARTS) is 1. The third kappa shape index (κ3) is 4.55. The van der Waals surface area contributed by atoms with Gasteiger partial charge in [0.25, 0.3) is 0 Å². The molecular weight excluding hydrogens is 199 g/mol. The summed E-state index contributed by atoms with van der Waals surface area (Å²) in [4.78, 5) is 22.0. The molecule has 0 bridgehead atoms. The van der Waals surface area contributed by atoms with E-state index in [4.69, 9.17) is 0 Å². The van der Waals surface area contributed by atoms with Gasteiger partial charge in [-0.25, -0.2) is 0 Å². The number of carbonyl (C=O) groups excluding carboxylic acids is 2. The SMILES string of the molecule is CC/C=C\C[C@@H]1C(=O)CC[C@H]1CC(=O)[O-].[Li+]. The molecule has 4 heteroatoms. The van der Waals surface area contributed by atoms with Crippen LogP contribution in [0.5, 0.6) is 0 Å². The summed E-state index contributed by atoms with van der Waals surface area (Å²) in [5, 5.41) is 10.5. The zero-order valence-corrected chi connectivity index (χ0v) is 10.1. The number of aliphatic carboxylic acids is 1. The van der Waals surface area contributed by atoms with E-state index in [0.717, 1.165) is 6.42 Å². The van der Waals surface area contributed by atoms with Gasteiger partial charge in [-0.1, -0.05) is 19.1 Å². The number of carboxylic acids is 1. The topological polar surface area (TPSA) is 57.2 Å². The second kappa shape index (κ2) is 7.70. The average molecular weight is 216 g/mol. The van der Waals surface area contributed by atoms with Gasteiger partial charge in [0.2, 0.25) is 0 Å². The number of hydrogen-bond donors (Lipinski definition) is 0. The van der Waals surface area contributed by atoms with Crippen molar-refractivity contribution < 1.29 is 33.6 Å². The Hall–Kier alpha value is -0.523. The van der Waals surface area contributed by atoms with Crippen molar-refractivity contribution in [1.29, 1.82) is 0 Å². The van der Waals surface area contributed by atoms with Crippen molar-refractivity contribution in [3.63, 3.8) is 0 Å². The molecule has 0 aromatic heterocycles. The molecule has 0 amide bonds. The van der Waals surface area contributed by atoms with Crippen molar-refractivity contribution in [2.45, 2.75) is 39.0 Å². The Morgan fingerprint density at radius 3 is 2.75 bits per heavy atom. The number of Topliss-reactive ketones (excluding diaryl/α,β-unsaturated/α-hetero) is 1. The molecule has 2 atom stereocenters. The van der Waals surface area contributed by atoms with E-state index in [1.165, 1.54) is 0 Å². The average Bonchev–Trinajstić information content (AvgIpc) is 2.49. The van der Waals surface area contributed by atoms with Gasteiger partial charge in [0.15, 0.2) is 0 Å². The van der Waals surface area contributed by atoms with Crippen molar-refractivity contribution in [3.8, 4) is 0 Å². The summed E-state index contributed by atoms with van der Waals surface area (Å²) < 4.78 is 0. The summed E-state index contributed by atoms with van der Waals surface area (Å²) >= 11 is 0. The minimum atomic E-state index is -1.04. The molecule has 3 nitrogen and oxygen atoms in total. The maximum absolute atomic E-state index is 11.5. The van der Waals surface area contributed by atoms with E-state index in [9.17, 15) is 14.7 Å². The standard InChI is InChI=1S/C12H18O3.Li/c1-2-3-4-5-10-9(8-12(14)15)6-7-11(10)13;/h3-4,9-10H,2,5-8H2,1H3,(H,14,15);/q;+1/p-1/b4-3-;/t9-,10-;/m0./s1. The van der Waals surface area contributed by atoms with E-state index in [-0.39, 0.29) is 42.9 Å². The van der Waals surface area contributed by atoms with Gasteiger partial charge in [-0.2, -0.15) is 0 Å². The monoisotopic (exact) mass is 216 g/mol. The minimum absolute atomic E-state index is 0. The molecule has 0 aromatic rings. The van der Waals surface area contributed by atoms with Crippen LogP contribution in [-0.4, -0.2) is 11.8 Å². The van der Waals surface area contributed by atoms with Gasteiger partial charge >= 0.3 is 18.9 Å². The first-order valence-corrected chi connectivity index (χ1v) is 5.52. The molecule has 1 aliphatic rings. The maximum Gasteiger partial charge on any atom is 1.00 e. The molecular formula is C12H17LiO3. The number of carbonyl (C=O) groups is 2. The van der Waals surface area contributed by atoms with Crippen LogP contribution in [0.15, 0.2) is 12.2 Å². The summed E-state index contributed by atoms with van der Waals surface area (Å²) in [5.41, 5.74) is 0. The second-order valence-electron chi connectivity index (χ2n) is 4.06. The fraction of sp³-hybridized carbons (Fsp3) is 0.667. The summed E-state index contributed by atoms with van der Waals surface area (Å²) in [7, 11) is 0. The predicted octanol–water partition coefficient (Wildman–Crippen LogP) is -1.92. The Labute approximate surface area is 108 Å². The van der Waals surface area contributed by atoms with Crippen LogP contribution in [0.4, 0.5) is 0 Å². The van der Waals surface area contributed by atoms with Crippen molar-refractivity contribution in [2.75, 3.05) is 0 Å². The zero-order valence-electron chi connectivity index (χ0n) is 10.1. The normalized spacial score (nSPS) is 24.7. The Kier molecular flexibility index (Phi) is 7.45. The van der Waals surface area contributed by atoms with E-state index in [1.807, 2.05) is 19.1 Å². The molecule has 0 radical (unpaired) electrons. The van der Waals surface area contributed by atoms with Crippen LogP contribution in [0, 0.1) is 11.8 Å². The molecule has 0 N–H and O–H groups in total. The van der Waals surface area contributed by atoms with Gasteiger partial charge in [-0.3, -0.25) is 4.79 Å². The minimum Gasteiger partial charge on any atom is -0.550 e. The molecule has 84 valence electrons. The Morgan fingerprint density at radius 2 is 2.19 bits per heavy atom. The van der Waals surface area contributed by atoms with Gasteiger partial charge in [-0.05, 0) is 31.6 Å². The van der Waals surface area contributed by atoms with Crippen LogP contribution in [-0.2, 0) is 9.59 Å². The summed E-state index contributed by atoms with van der Waals surface area (Å²) in [6.07, 6.45) is 6.89. The smallest absolute Gasteiger partial charge is 0.550 e. The Morgan fingerprint density at radius 1 is 1.50 bits per heavy atom. The van der Waals surface area contributed by atoms with Crippen LogP contribution < -0.4 is 24.0 Å². The first-order chi connectivity index (χ1) is 7.15. The number of allylic oxidation sites excluding steroid dienone is 2.